The highest BCUT2D eigenvalue weighted by atomic mass is 15.0. The van der Waals surface area contributed by atoms with E-state index in [0.717, 1.165) is 12.6 Å². The predicted molar refractivity (Wildman–Crippen MR) is 69.7 cm³/mol. The third-order valence-electron chi connectivity index (χ3n) is 3.85. The van der Waals surface area contributed by atoms with Crippen molar-refractivity contribution in [2.24, 2.45) is 5.41 Å². The van der Waals surface area contributed by atoms with Crippen LogP contribution in [-0.2, 0) is 0 Å². The van der Waals surface area contributed by atoms with Gasteiger partial charge in [0.1, 0.15) is 0 Å². The molecule has 0 aliphatic heterocycles. The molecule has 0 heterocycles. The summed E-state index contributed by atoms with van der Waals surface area (Å²) in [4.78, 5) is 0. The maximum absolute atomic E-state index is 3.65. The molecule has 1 aliphatic carbocycles. The van der Waals surface area contributed by atoms with Crippen LogP contribution in [0.2, 0.25) is 0 Å². The van der Waals surface area contributed by atoms with Gasteiger partial charge in [0.15, 0.2) is 0 Å². The van der Waals surface area contributed by atoms with E-state index in [1.165, 1.54) is 18.4 Å². The van der Waals surface area contributed by atoms with E-state index in [1.54, 1.807) is 0 Å². The number of nitrogens with one attached hydrogen (secondary N) is 1. The summed E-state index contributed by atoms with van der Waals surface area (Å²) in [5.41, 5.74) is 2.01. The molecule has 2 atom stereocenters. The fourth-order valence-corrected chi connectivity index (χ4v) is 2.24. The molecular weight excluding hydrogens is 194 g/mol. The van der Waals surface area contributed by atoms with Gasteiger partial charge in [-0.25, -0.2) is 0 Å². The molecule has 2 rings (SSSR count). The molecule has 1 aromatic carbocycles. The highest BCUT2D eigenvalue weighted by molar-refractivity contribution is 5.18. The average molecular weight is 217 g/mol. The van der Waals surface area contributed by atoms with E-state index < -0.39 is 0 Å². The zero-order valence-electron chi connectivity index (χ0n) is 10.7. The van der Waals surface area contributed by atoms with Crippen LogP contribution in [-0.4, -0.2) is 12.6 Å². The molecule has 1 nitrogen and oxygen atoms in total. The van der Waals surface area contributed by atoms with Crippen molar-refractivity contribution in [3.05, 3.63) is 35.9 Å². The summed E-state index contributed by atoms with van der Waals surface area (Å²) in [5.74, 6) is 0.663. The zero-order chi connectivity index (χ0) is 11.6. The first-order chi connectivity index (χ1) is 7.59. The van der Waals surface area contributed by atoms with Crippen LogP contribution in [0.5, 0.6) is 0 Å². The van der Waals surface area contributed by atoms with Gasteiger partial charge in [-0.2, -0.15) is 0 Å². The molecule has 0 radical (unpaired) electrons. The van der Waals surface area contributed by atoms with E-state index in [9.17, 15) is 0 Å². The average Bonchev–Trinajstić information content (AvgIpc) is 2.87. The van der Waals surface area contributed by atoms with E-state index in [1.807, 2.05) is 0 Å². The fraction of sp³-hybridized carbons (Fsp3) is 0.600. The number of rotatable bonds is 5. The summed E-state index contributed by atoms with van der Waals surface area (Å²) in [6, 6.07) is 11.6. The van der Waals surface area contributed by atoms with Gasteiger partial charge in [-0.15, -0.1) is 0 Å². The zero-order valence-corrected chi connectivity index (χ0v) is 10.7. The Balaban J connectivity index is 1.71. The molecule has 1 heteroatoms. The van der Waals surface area contributed by atoms with Gasteiger partial charge in [0.05, 0.1) is 0 Å². The quantitative estimate of drug-likeness (QED) is 0.795. The molecule has 1 fully saturated rings. The summed E-state index contributed by atoms with van der Waals surface area (Å²) >= 11 is 0. The predicted octanol–water partition coefficient (Wildman–Crippen LogP) is 3.57. The van der Waals surface area contributed by atoms with E-state index >= 15 is 0 Å². The second-order valence-electron chi connectivity index (χ2n) is 5.80. The second kappa shape index (κ2) is 4.58. The van der Waals surface area contributed by atoms with Gasteiger partial charge in [0.25, 0.3) is 0 Å². The lowest BCUT2D eigenvalue weighted by Gasteiger charge is -2.13. The van der Waals surface area contributed by atoms with Gasteiger partial charge in [-0.3, -0.25) is 0 Å². The van der Waals surface area contributed by atoms with E-state index in [2.05, 4.69) is 56.4 Å². The summed E-state index contributed by atoms with van der Waals surface area (Å²) < 4.78 is 0. The molecule has 0 saturated heterocycles. The van der Waals surface area contributed by atoms with Crippen molar-refractivity contribution in [1.29, 1.82) is 0 Å². The van der Waals surface area contributed by atoms with Gasteiger partial charge in [-0.1, -0.05) is 51.1 Å². The second-order valence-corrected chi connectivity index (χ2v) is 5.80. The summed E-state index contributed by atoms with van der Waals surface area (Å²) in [7, 11) is 0. The highest BCUT2D eigenvalue weighted by Gasteiger charge is 2.44. The first-order valence-corrected chi connectivity index (χ1v) is 6.38. The molecular formula is C15H23N. The summed E-state index contributed by atoms with van der Waals surface area (Å²) in [6.45, 7) is 8.13. The van der Waals surface area contributed by atoms with Gasteiger partial charge in [-0.05, 0) is 36.3 Å². The van der Waals surface area contributed by atoms with Crippen LogP contribution in [0.1, 0.15) is 45.1 Å². The Hall–Kier alpha value is -0.820. The van der Waals surface area contributed by atoms with Gasteiger partial charge in [0.2, 0.25) is 0 Å². The van der Waals surface area contributed by atoms with Crippen LogP contribution in [0.4, 0.5) is 0 Å². The molecule has 88 valence electrons. The first kappa shape index (κ1) is 11.7. The van der Waals surface area contributed by atoms with Gasteiger partial charge in [0, 0.05) is 6.04 Å². The Morgan fingerprint density at radius 1 is 1.31 bits per heavy atom. The lowest BCUT2D eigenvalue weighted by atomic mass is 9.98. The Morgan fingerprint density at radius 3 is 2.50 bits per heavy atom. The van der Waals surface area contributed by atoms with Crippen molar-refractivity contribution < 1.29 is 0 Å². The molecule has 0 bridgehead atoms. The lowest BCUT2D eigenvalue weighted by molar-refractivity contribution is 0.519. The maximum atomic E-state index is 3.65. The van der Waals surface area contributed by atoms with Crippen molar-refractivity contribution in [3.8, 4) is 0 Å². The van der Waals surface area contributed by atoms with Crippen molar-refractivity contribution in [3.63, 3.8) is 0 Å². The van der Waals surface area contributed by atoms with Crippen LogP contribution in [0, 0.1) is 5.41 Å². The van der Waals surface area contributed by atoms with Crippen LogP contribution >= 0.6 is 0 Å². The standard InChI is InChI=1S/C15H23N/c1-12(13-7-5-4-6-8-13)9-10-16-14-11-15(14,2)3/h4-8,12,14,16H,9-11H2,1-3H3. The van der Waals surface area contributed by atoms with E-state index in [-0.39, 0.29) is 0 Å². The van der Waals surface area contributed by atoms with Crippen LogP contribution in [0.15, 0.2) is 30.3 Å². The topological polar surface area (TPSA) is 12.0 Å². The summed E-state index contributed by atoms with van der Waals surface area (Å²) in [5, 5.41) is 3.65. The normalized spacial score (nSPS) is 24.1. The third-order valence-corrected chi connectivity index (χ3v) is 3.85. The van der Waals surface area contributed by atoms with Crippen LogP contribution < -0.4 is 5.32 Å². The number of benzene rings is 1. The van der Waals surface area contributed by atoms with Crippen molar-refractivity contribution in [2.45, 2.75) is 45.6 Å². The highest BCUT2D eigenvalue weighted by Crippen LogP contribution is 2.44. The van der Waals surface area contributed by atoms with Crippen molar-refractivity contribution in [2.75, 3.05) is 6.54 Å². The lowest BCUT2D eigenvalue weighted by Crippen LogP contribution is -2.22. The molecule has 0 spiro atoms. The third kappa shape index (κ3) is 2.85. The minimum atomic E-state index is 0.552. The smallest absolute Gasteiger partial charge is 0.0124 e. The fourth-order valence-electron chi connectivity index (χ4n) is 2.24. The summed E-state index contributed by atoms with van der Waals surface area (Å²) in [6.07, 6.45) is 2.57. The Morgan fingerprint density at radius 2 is 1.94 bits per heavy atom. The molecule has 1 N–H and O–H groups in total. The van der Waals surface area contributed by atoms with Crippen LogP contribution in [0.3, 0.4) is 0 Å². The SMILES string of the molecule is CC(CCNC1CC1(C)C)c1ccccc1. The van der Waals surface area contributed by atoms with Crippen molar-refractivity contribution in [1.82, 2.24) is 5.32 Å². The minimum absolute atomic E-state index is 0.552. The molecule has 16 heavy (non-hydrogen) atoms. The van der Waals surface area contributed by atoms with Gasteiger partial charge < -0.3 is 5.32 Å². The molecule has 1 aromatic rings. The Bertz CT molecular complexity index is 329. The van der Waals surface area contributed by atoms with Crippen LogP contribution in [0.25, 0.3) is 0 Å². The Labute approximate surface area is 99.3 Å². The van der Waals surface area contributed by atoms with Crippen molar-refractivity contribution >= 4 is 0 Å². The number of hydrogen-bond acceptors (Lipinski definition) is 1. The molecule has 1 aliphatic rings. The minimum Gasteiger partial charge on any atom is -0.313 e. The largest absolute Gasteiger partial charge is 0.313 e. The number of hydrogen-bond donors (Lipinski definition) is 1. The first-order valence-electron chi connectivity index (χ1n) is 6.38. The van der Waals surface area contributed by atoms with E-state index in [4.69, 9.17) is 0 Å². The molecule has 2 unspecified atom stereocenters. The Kier molecular flexibility index (Phi) is 3.34. The van der Waals surface area contributed by atoms with E-state index in [0.29, 0.717) is 11.3 Å². The monoisotopic (exact) mass is 217 g/mol. The maximum Gasteiger partial charge on any atom is 0.0124 e. The molecule has 0 aromatic heterocycles. The molecule has 1 saturated carbocycles. The molecule has 0 amide bonds. The van der Waals surface area contributed by atoms with Gasteiger partial charge >= 0.3 is 0 Å².